The second-order valence-electron chi connectivity index (χ2n) is 4.77. The van der Waals surface area contributed by atoms with Gasteiger partial charge < -0.3 is 14.7 Å². The molecule has 0 radical (unpaired) electrons. The molecule has 1 aromatic carbocycles. The standard InChI is InChI=1S/C15H23NO2/c1-3-16(4-2)10-8-14(17)13-7-5-6-12-9-11-18-15(12)13/h5-7,14,17H,3-4,8-11H2,1-2H3. The first-order chi connectivity index (χ1) is 8.76. The molecule has 1 aliphatic heterocycles. The van der Waals surface area contributed by atoms with Crippen molar-refractivity contribution in [1.29, 1.82) is 0 Å². The van der Waals surface area contributed by atoms with Crippen LogP contribution < -0.4 is 4.74 Å². The molecule has 3 nitrogen and oxygen atoms in total. The Labute approximate surface area is 109 Å². The van der Waals surface area contributed by atoms with Crippen LogP contribution in [0, 0.1) is 0 Å². The van der Waals surface area contributed by atoms with Gasteiger partial charge in [-0.25, -0.2) is 0 Å². The molecule has 3 heteroatoms. The second-order valence-corrected chi connectivity index (χ2v) is 4.77. The summed E-state index contributed by atoms with van der Waals surface area (Å²) in [5.41, 5.74) is 2.19. The van der Waals surface area contributed by atoms with Crippen LogP contribution in [0.25, 0.3) is 0 Å². The van der Waals surface area contributed by atoms with Gasteiger partial charge in [-0.1, -0.05) is 32.0 Å². The number of para-hydroxylation sites is 1. The summed E-state index contributed by atoms with van der Waals surface area (Å²) < 4.78 is 5.64. The summed E-state index contributed by atoms with van der Waals surface area (Å²) in [6, 6.07) is 6.09. The molecule has 0 aliphatic carbocycles. The fourth-order valence-electron chi connectivity index (χ4n) is 2.50. The van der Waals surface area contributed by atoms with Gasteiger partial charge in [-0.05, 0) is 25.1 Å². The number of hydrogen-bond donors (Lipinski definition) is 1. The van der Waals surface area contributed by atoms with Crippen LogP contribution in [0.2, 0.25) is 0 Å². The van der Waals surface area contributed by atoms with E-state index in [2.05, 4.69) is 24.8 Å². The summed E-state index contributed by atoms with van der Waals surface area (Å²) in [6.45, 7) is 8.05. The minimum atomic E-state index is -0.418. The number of hydrogen-bond acceptors (Lipinski definition) is 3. The molecule has 2 rings (SSSR count). The fourth-order valence-corrected chi connectivity index (χ4v) is 2.50. The Hall–Kier alpha value is -1.06. The van der Waals surface area contributed by atoms with Crippen LogP contribution in [-0.4, -0.2) is 36.2 Å². The summed E-state index contributed by atoms with van der Waals surface area (Å²) in [5, 5.41) is 10.3. The van der Waals surface area contributed by atoms with Crippen LogP contribution >= 0.6 is 0 Å². The Morgan fingerprint density at radius 3 is 2.83 bits per heavy atom. The van der Waals surface area contributed by atoms with Crippen molar-refractivity contribution in [1.82, 2.24) is 4.90 Å². The van der Waals surface area contributed by atoms with Gasteiger partial charge in [0.15, 0.2) is 0 Å². The van der Waals surface area contributed by atoms with Gasteiger partial charge in [0.25, 0.3) is 0 Å². The highest BCUT2D eigenvalue weighted by Crippen LogP contribution is 2.34. The number of nitrogens with zero attached hydrogens (tertiary/aromatic N) is 1. The van der Waals surface area contributed by atoms with E-state index in [-0.39, 0.29) is 0 Å². The first-order valence-electron chi connectivity index (χ1n) is 6.91. The third kappa shape index (κ3) is 2.85. The van der Waals surface area contributed by atoms with Crippen LogP contribution in [0.15, 0.2) is 18.2 Å². The predicted octanol–water partition coefficient (Wildman–Crippen LogP) is 2.39. The van der Waals surface area contributed by atoms with Gasteiger partial charge in [0.2, 0.25) is 0 Å². The van der Waals surface area contributed by atoms with Crippen LogP contribution in [0.5, 0.6) is 5.75 Å². The molecule has 0 amide bonds. The smallest absolute Gasteiger partial charge is 0.128 e. The van der Waals surface area contributed by atoms with E-state index in [9.17, 15) is 5.11 Å². The Kier molecular flexibility index (Phi) is 4.61. The number of aliphatic hydroxyl groups excluding tert-OH is 1. The minimum Gasteiger partial charge on any atom is -0.493 e. The Morgan fingerprint density at radius 2 is 2.11 bits per heavy atom. The Balaban J connectivity index is 2.01. The topological polar surface area (TPSA) is 32.7 Å². The lowest BCUT2D eigenvalue weighted by molar-refractivity contribution is 0.142. The molecule has 100 valence electrons. The molecule has 0 fully saturated rings. The lowest BCUT2D eigenvalue weighted by Crippen LogP contribution is -2.25. The summed E-state index contributed by atoms with van der Waals surface area (Å²) in [6.07, 6.45) is 1.31. The normalized spacial score (nSPS) is 15.6. The van der Waals surface area contributed by atoms with Gasteiger partial charge in [0.1, 0.15) is 5.75 Å². The van der Waals surface area contributed by atoms with E-state index in [0.29, 0.717) is 0 Å². The third-order valence-electron chi connectivity index (χ3n) is 3.72. The Bertz CT molecular complexity index is 388. The summed E-state index contributed by atoms with van der Waals surface area (Å²) in [5.74, 6) is 0.921. The van der Waals surface area contributed by atoms with Crippen LogP contribution in [0.4, 0.5) is 0 Å². The van der Waals surface area contributed by atoms with Crippen molar-refractivity contribution < 1.29 is 9.84 Å². The molecular weight excluding hydrogens is 226 g/mol. The van der Waals surface area contributed by atoms with Crippen molar-refractivity contribution in [2.24, 2.45) is 0 Å². The minimum absolute atomic E-state index is 0.418. The highest BCUT2D eigenvalue weighted by molar-refractivity contribution is 5.45. The van der Waals surface area contributed by atoms with Crippen LogP contribution in [0.3, 0.4) is 0 Å². The molecule has 0 saturated carbocycles. The fraction of sp³-hybridized carbons (Fsp3) is 0.600. The van der Waals surface area contributed by atoms with Crippen molar-refractivity contribution in [3.63, 3.8) is 0 Å². The molecule has 0 saturated heterocycles. The highest BCUT2D eigenvalue weighted by Gasteiger charge is 2.20. The number of ether oxygens (including phenoxy) is 1. The Morgan fingerprint density at radius 1 is 1.33 bits per heavy atom. The van der Waals surface area contributed by atoms with E-state index in [4.69, 9.17) is 4.74 Å². The maximum absolute atomic E-state index is 10.3. The van der Waals surface area contributed by atoms with E-state index >= 15 is 0 Å². The number of fused-ring (bicyclic) bond motifs is 1. The maximum atomic E-state index is 10.3. The molecular formula is C15H23NO2. The monoisotopic (exact) mass is 249 g/mol. The predicted molar refractivity (Wildman–Crippen MR) is 73.0 cm³/mol. The zero-order valence-corrected chi connectivity index (χ0v) is 11.4. The van der Waals surface area contributed by atoms with Crippen LogP contribution in [0.1, 0.15) is 37.5 Å². The largest absolute Gasteiger partial charge is 0.493 e. The van der Waals surface area contributed by atoms with Gasteiger partial charge in [0.05, 0.1) is 12.7 Å². The molecule has 1 unspecified atom stereocenters. The van der Waals surface area contributed by atoms with Crippen molar-refractivity contribution >= 4 is 0 Å². The van der Waals surface area contributed by atoms with E-state index in [1.165, 1.54) is 5.56 Å². The van der Waals surface area contributed by atoms with Crippen molar-refractivity contribution in [2.45, 2.75) is 32.8 Å². The van der Waals surface area contributed by atoms with E-state index in [1.54, 1.807) is 0 Å². The average molecular weight is 249 g/mol. The van der Waals surface area contributed by atoms with Gasteiger partial charge in [-0.2, -0.15) is 0 Å². The summed E-state index contributed by atoms with van der Waals surface area (Å²) in [7, 11) is 0. The highest BCUT2D eigenvalue weighted by atomic mass is 16.5. The first kappa shape index (κ1) is 13.4. The number of rotatable bonds is 6. The van der Waals surface area contributed by atoms with E-state index in [1.807, 2.05) is 12.1 Å². The van der Waals surface area contributed by atoms with Gasteiger partial charge in [0, 0.05) is 18.5 Å². The second kappa shape index (κ2) is 6.21. The SMILES string of the molecule is CCN(CC)CCC(O)c1cccc2c1OCC2. The molecule has 1 aliphatic rings. The first-order valence-corrected chi connectivity index (χ1v) is 6.91. The molecule has 1 N–H and O–H groups in total. The quantitative estimate of drug-likeness (QED) is 0.840. The van der Waals surface area contributed by atoms with Crippen molar-refractivity contribution in [3.8, 4) is 5.75 Å². The van der Waals surface area contributed by atoms with Crippen molar-refractivity contribution in [2.75, 3.05) is 26.2 Å². The van der Waals surface area contributed by atoms with Crippen molar-refractivity contribution in [3.05, 3.63) is 29.3 Å². The van der Waals surface area contributed by atoms with Crippen LogP contribution in [-0.2, 0) is 6.42 Å². The lowest BCUT2D eigenvalue weighted by atomic mass is 10.0. The van der Waals surface area contributed by atoms with E-state index < -0.39 is 6.10 Å². The molecule has 18 heavy (non-hydrogen) atoms. The summed E-state index contributed by atoms with van der Waals surface area (Å²) in [4.78, 5) is 2.33. The molecule has 1 aromatic rings. The molecule has 0 spiro atoms. The van der Waals surface area contributed by atoms with Gasteiger partial charge in [-0.15, -0.1) is 0 Å². The zero-order valence-electron chi connectivity index (χ0n) is 11.4. The van der Waals surface area contributed by atoms with Gasteiger partial charge in [-0.3, -0.25) is 0 Å². The van der Waals surface area contributed by atoms with Gasteiger partial charge >= 0.3 is 0 Å². The van der Waals surface area contributed by atoms with E-state index in [0.717, 1.165) is 50.4 Å². The maximum Gasteiger partial charge on any atom is 0.128 e. The molecule has 1 atom stereocenters. The third-order valence-corrected chi connectivity index (χ3v) is 3.72. The lowest BCUT2D eigenvalue weighted by Gasteiger charge is -2.21. The average Bonchev–Trinajstić information content (AvgIpc) is 2.87. The molecule has 0 aromatic heterocycles. The summed E-state index contributed by atoms with van der Waals surface area (Å²) >= 11 is 0. The zero-order chi connectivity index (χ0) is 13.0. The molecule has 0 bridgehead atoms. The number of aliphatic hydroxyl groups is 1. The molecule has 1 heterocycles. The number of benzene rings is 1.